The van der Waals surface area contributed by atoms with E-state index in [-0.39, 0.29) is 12.0 Å². The lowest BCUT2D eigenvalue weighted by molar-refractivity contribution is 0.299. The van der Waals surface area contributed by atoms with E-state index < -0.39 is 0 Å². The molecule has 1 aliphatic rings. The van der Waals surface area contributed by atoms with Crippen molar-refractivity contribution in [3.63, 3.8) is 0 Å². The molecule has 166 valence electrons. The molecule has 0 bridgehead atoms. The van der Waals surface area contributed by atoms with Crippen LogP contribution in [-0.4, -0.2) is 21.7 Å². The van der Waals surface area contributed by atoms with Crippen LogP contribution in [0, 0.1) is 0 Å². The third-order valence-electron chi connectivity index (χ3n) is 6.35. The van der Waals surface area contributed by atoms with E-state index in [4.69, 9.17) is 33.3 Å². The van der Waals surface area contributed by atoms with Crippen LogP contribution in [-0.2, 0) is 18.3 Å². The molecule has 1 atom stereocenters. The second kappa shape index (κ2) is 8.79. The molecule has 3 aromatic carbocycles. The van der Waals surface area contributed by atoms with E-state index in [9.17, 15) is 0 Å². The number of aromatic nitrogens is 2. The summed E-state index contributed by atoms with van der Waals surface area (Å²) < 4.78 is 0. The van der Waals surface area contributed by atoms with Gasteiger partial charge in [-0.1, -0.05) is 72.6 Å². The largest absolute Gasteiger partial charge is 0.396 e. The van der Waals surface area contributed by atoms with Gasteiger partial charge in [-0.3, -0.25) is 0 Å². The van der Waals surface area contributed by atoms with Crippen LogP contribution in [0.2, 0.25) is 10.0 Å². The minimum absolute atomic E-state index is 0.140. The minimum Gasteiger partial charge on any atom is -0.396 e. The predicted molar refractivity (Wildman–Crippen MR) is 135 cm³/mol. The lowest BCUT2D eigenvalue weighted by Gasteiger charge is -2.37. The van der Waals surface area contributed by atoms with Crippen molar-refractivity contribution in [2.24, 2.45) is 0 Å². The Morgan fingerprint density at radius 2 is 1.79 bits per heavy atom. The van der Waals surface area contributed by atoms with Gasteiger partial charge in [-0.2, -0.15) is 0 Å². The molecule has 0 fully saturated rings. The monoisotopic (exact) mass is 475 g/mol. The third kappa shape index (κ3) is 4.10. The number of halogens is 2. The highest BCUT2D eigenvalue weighted by Gasteiger charge is 2.37. The van der Waals surface area contributed by atoms with Crippen molar-refractivity contribution in [2.75, 3.05) is 11.9 Å². The molecule has 0 radical (unpaired) electrons. The zero-order chi connectivity index (χ0) is 23.0. The molecule has 4 nitrogen and oxygen atoms in total. The van der Waals surface area contributed by atoms with Crippen LogP contribution in [0.25, 0.3) is 11.3 Å². The van der Waals surface area contributed by atoms with Gasteiger partial charge < -0.3 is 10.4 Å². The summed E-state index contributed by atoms with van der Waals surface area (Å²) in [6.45, 7) is 2.37. The van der Waals surface area contributed by atoms with E-state index in [1.807, 2.05) is 54.7 Å². The normalized spacial score (nSPS) is 16.7. The fourth-order valence-corrected chi connectivity index (χ4v) is 4.88. The van der Waals surface area contributed by atoms with Crippen molar-refractivity contribution in [3.8, 4) is 11.3 Å². The highest BCUT2D eigenvalue weighted by molar-refractivity contribution is 6.42. The van der Waals surface area contributed by atoms with Gasteiger partial charge in [0.25, 0.3) is 0 Å². The molecule has 2 N–H and O–H groups in total. The highest BCUT2D eigenvalue weighted by Crippen LogP contribution is 2.47. The molecule has 0 amide bonds. The van der Waals surface area contributed by atoms with Gasteiger partial charge in [-0.05, 0) is 59.4 Å². The molecular formula is C27H23Cl2N3O. The lowest BCUT2D eigenvalue weighted by Crippen LogP contribution is -2.31. The fraction of sp³-hybridized carbons (Fsp3) is 0.185. The van der Waals surface area contributed by atoms with Crippen LogP contribution in [0.3, 0.4) is 0 Å². The van der Waals surface area contributed by atoms with Crippen molar-refractivity contribution < 1.29 is 5.11 Å². The van der Waals surface area contributed by atoms with Gasteiger partial charge in [-0.25, -0.2) is 9.97 Å². The molecule has 0 saturated carbocycles. The molecular weight excluding hydrogens is 453 g/mol. The third-order valence-corrected chi connectivity index (χ3v) is 7.09. The van der Waals surface area contributed by atoms with Gasteiger partial charge in [0.2, 0.25) is 5.95 Å². The first-order valence-electron chi connectivity index (χ1n) is 10.9. The van der Waals surface area contributed by atoms with E-state index >= 15 is 0 Å². The van der Waals surface area contributed by atoms with Crippen molar-refractivity contribution in [1.82, 2.24) is 9.97 Å². The standard InChI is InChI=1S/C27H23Cl2N3O/c1-27(19-8-11-23(28)24(29)14-19)15-18-16-30-26(31-20-9-6-17(7-10-20)12-13-33)32-25(18)21-4-2-3-5-22(21)27/h2-11,14,16,33H,12-13,15H2,1H3,(H,30,31,32)/t27-/m0/s1. The van der Waals surface area contributed by atoms with Gasteiger partial charge in [-0.15, -0.1) is 0 Å². The maximum Gasteiger partial charge on any atom is 0.227 e. The van der Waals surface area contributed by atoms with Crippen LogP contribution < -0.4 is 5.32 Å². The summed E-state index contributed by atoms with van der Waals surface area (Å²) in [4.78, 5) is 9.49. The molecule has 0 unspecified atom stereocenters. The first kappa shape index (κ1) is 21.9. The van der Waals surface area contributed by atoms with Crippen LogP contribution >= 0.6 is 23.2 Å². The Hall–Kier alpha value is -2.92. The van der Waals surface area contributed by atoms with E-state index in [2.05, 4.69) is 35.4 Å². The zero-order valence-corrected chi connectivity index (χ0v) is 19.7. The molecule has 6 heteroatoms. The SMILES string of the molecule is C[C@@]1(c2ccc(Cl)c(Cl)c2)Cc2cnc(Nc3ccc(CCO)cc3)nc2-c2ccccc21. The van der Waals surface area contributed by atoms with Crippen molar-refractivity contribution >= 4 is 34.8 Å². The van der Waals surface area contributed by atoms with Crippen LogP contribution in [0.15, 0.2) is 72.9 Å². The Balaban J connectivity index is 1.52. The Kier molecular flexibility index (Phi) is 5.83. The Labute approximate surface area is 203 Å². The zero-order valence-electron chi connectivity index (χ0n) is 18.1. The average molecular weight is 476 g/mol. The molecule has 33 heavy (non-hydrogen) atoms. The summed E-state index contributed by atoms with van der Waals surface area (Å²) in [5.74, 6) is 0.552. The fourth-order valence-electron chi connectivity index (χ4n) is 4.59. The van der Waals surface area contributed by atoms with Crippen LogP contribution in [0.1, 0.15) is 29.2 Å². The Morgan fingerprint density at radius 1 is 1.00 bits per heavy atom. The molecule has 1 aromatic heterocycles. The van der Waals surface area contributed by atoms with Crippen molar-refractivity contribution in [1.29, 1.82) is 0 Å². The van der Waals surface area contributed by atoms with Crippen molar-refractivity contribution in [2.45, 2.75) is 25.2 Å². The number of hydrogen-bond acceptors (Lipinski definition) is 4. The summed E-state index contributed by atoms with van der Waals surface area (Å²) in [6.07, 6.45) is 3.31. The number of nitrogens with zero attached hydrogens (tertiary/aromatic N) is 2. The second-order valence-corrected chi connectivity index (χ2v) is 9.36. The summed E-state index contributed by atoms with van der Waals surface area (Å²) in [6, 6.07) is 22.2. The highest BCUT2D eigenvalue weighted by atomic mass is 35.5. The molecule has 0 aliphatic heterocycles. The first-order valence-corrected chi connectivity index (χ1v) is 11.6. The van der Waals surface area contributed by atoms with Crippen LogP contribution in [0.5, 0.6) is 0 Å². The molecule has 5 rings (SSSR count). The molecule has 1 heterocycles. The van der Waals surface area contributed by atoms with Gasteiger partial charge in [0.15, 0.2) is 0 Å². The van der Waals surface area contributed by atoms with E-state index in [1.54, 1.807) is 0 Å². The predicted octanol–water partition coefficient (Wildman–Crippen LogP) is 6.59. The number of nitrogens with one attached hydrogen (secondary N) is 1. The minimum atomic E-state index is -0.279. The smallest absolute Gasteiger partial charge is 0.227 e. The number of rotatable bonds is 5. The maximum absolute atomic E-state index is 9.10. The number of anilines is 2. The molecule has 1 aliphatic carbocycles. The van der Waals surface area contributed by atoms with E-state index in [0.29, 0.717) is 22.4 Å². The summed E-state index contributed by atoms with van der Waals surface area (Å²) in [7, 11) is 0. The summed E-state index contributed by atoms with van der Waals surface area (Å²) in [5.41, 5.74) is 7.15. The quantitative estimate of drug-likeness (QED) is 0.341. The Bertz CT molecular complexity index is 1320. The van der Waals surface area contributed by atoms with Gasteiger partial charge in [0, 0.05) is 29.5 Å². The van der Waals surface area contributed by atoms with Gasteiger partial charge >= 0.3 is 0 Å². The van der Waals surface area contributed by atoms with Gasteiger partial charge in [0.05, 0.1) is 15.7 Å². The lowest BCUT2D eigenvalue weighted by atomic mass is 9.67. The number of aliphatic hydroxyl groups excluding tert-OH is 1. The first-order chi connectivity index (χ1) is 16.0. The summed E-state index contributed by atoms with van der Waals surface area (Å²) in [5, 5.41) is 13.5. The van der Waals surface area contributed by atoms with E-state index in [0.717, 1.165) is 40.1 Å². The number of hydrogen-bond donors (Lipinski definition) is 2. The van der Waals surface area contributed by atoms with E-state index in [1.165, 1.54) is 5.56 Å². The number of fused-ring (bicyclic) bond motifs is 3. The van der Waals surface area contributed by atoms with Crippen molar-refractivity contribution in [3.05, 3.63) is 105 Å². The number of aliphatic hydroxyl groups is 1. The van der Waals surface area contributed by atoms with Gasteiger partial charge in [0.1, 0.15) is 0 Å². The van der Waals surface area contributed by atoms with Crippen LogP contribution in [0.4, 0.5) is 11.6 Å². The summed E-state index contributed by atoms with van der Waals surface area (Å²) >= 11 is 12.6. The maximum atomic E-state index is 9.10. The molecule has 4 aromatic rings. The Morgan fingerprint density at radius 3 is 2.55 bits per heavy atom. The topological polar surface area (TPSA) is 58.0 Å². The second-order valence-electron chi connectivity index (χ2n) is 8.55. The average Bonchev–Trinajstić information content (AvgIpc) is 2.83. The molecule has 0 spiro atoms. The molecule has 0 saturated heterocycles. The number of benzene rings is 3.